The van der Waals surface area contributed by atoms with E-state index in [1.165, 1.54) is 12.1 Å². The summed E-state index contributed by atoms with van der Waals surface area (Å²) in [6.45, 7) is 8.31. The highest BCUT2D eigenvalue weighted by Crippen LogP contribution is 2.32. The Morgan fingerprint density at radius 2 is 1.71 bits per heavy atom. The molecule has 2 aromatic rings. The molecular formula is C35H51FN8O5. The second kappa shape index (κ2) is 16.1. The van der Waals surface area contributed by atoms with Gasteiger partial charge in [0.15, 0.2) is 5.69 Å². The maximum Gasteiger partial charge on any atom is 0.318 e. The molecule has 3 aliphatic rings. The van der Waals surface area contributed by atoms with Crippen LogP contribution >= 0.6 is 0 Å². The summed E-state index contributed by atoms with van der Waals surface area (Å²) in [5.41, 5.74) is 0.879. The van der Waals surface area contributed by atoms with E-state index in [9.17, 15) is 19.2 Å². The second-order valence-electron chi connectivity index (χ2n) is 14.2. The Morgan fingerprint density at radius 1 is 1.02 bits per heavy atom. The summed E-state index contributed by atoms with van der Waals surface area (Å²) in [5.74, 6) is -2.18. The molecule has 2 heterocycles. The van der Waals surface area contributed by atoms with Gasteiger partial charge in [0.05, 0.1) is 5.69 Å². The summed E-state index contributed by atoms with van der Waals surface area (Å²) in [7, 11) is 3.75. The maximum absolute atomic E-state index is 15.8. The lowest BCUT2D eigenvalue weighted by Gasteiger charge is -2.39. The summed E-state index contributed by atoms with van der Waals surface area (Å²) in [6, 6.07) is 2.42. The van der Waals surface area contributed by atoms with Crippen molar-refractivity contribution in [1.29, 1.82) is 0 Å². The van der Waals surface area contributed by atoms with E-state index in [1.807, 2.05) is 14.0 Å². The molecule has 5 amide bonds. The van der Waals surface area contributed by atoms with E-state index in [4.69, 9.17) is 4.63 Å². The standard InChI is InChI=1S/C35H51FN8O5/c1-6-27-31(41-49-40-27)33(46)38-30(23-12-10-21(2)11-13-23)32(45)37-28-15-14-24(20-26(28)36)22(3)29(34(47)44-18-16-42(4)17-19-44)39-35(48)43(5)25-8-7-9-25/h14-15,20-23,25,29-30H,6-13,16-19H2,1-5H3,(H,37,45)(H,38,46)(H,39,48)/t21?,22-,23?,29+,30-/m0/s1. The summed E-state index contributed by atoms with van der Waals surface area (Å²) >= 11 is 0. The van der Waals surface area contributed by atoms with Gasteiger partial charge in [-0.2, -0.15) is 0 Å². The van der Waals surface area contributed by atoms with Gasteiger partial charge >= 0.3 is 6.03 Å². The molecule has 49 heavy (non-hydrogen) atoms. The van der Waals surface area contributed by atoms with Crippen molar-refractivity contribution in [2.75, 3.05) is 45.6 Å². The first-order chi connectivity index (χ1) is 23.5. The normalized spacial score (nSPS) is 22.0. The second-order valence-corrected chi connectivity index (χ2v) is 14.2. The third kappa shape index (κ3) is 8.57. The van der Waals surface area contributed by atoms with Crippen LogP contribution in [0, 0.1) is 17.7 Å². The maximum atomic E-state index is 15.8. The van der Waals surface area contributed by atoms with Crippen LogP contribution in [-0.2, 0) is 16.0 Å². The van der Waals surface area contributed by atoms with Gasteiger partial charge < -0.3 is 30.7 Å². The van der Waals surface area contributed by atoms with Gasteiger partial charge in [-0.1, -0.05) is 44.8 Å². The van der Waals surface area contributed by atoms with Crippen LogP contribution in [0.25, 0.3) is 0 Å². The lowest BCUT2D eigenvalue weighted by Crippen LogP contribution is -2.58. The van der Waals surface area contributed by atoms with Gasteiger partial charge in [-0.25, -0.2) is 13.8 Å². The van der Waals surface area contributed by atoms with E-state index in [2.05, 4.69) is 38.1 Å². The van der Waals surface area contributed by atoms with Gasteiger partial charge in [0.1, 0.15) is 23.6 Å². The number of halogens is 1. The molecule has 5 rings (SSSR count). The number of urea groups is 1. The molecule has 268 valence electrons. The van der Waals surface area contributed by atoms with Gasteiger partial charge in [0.25, 0.3) is 5.91 Å². The Morgan fingerprint density at radius 3 is 2.33 bits per heavy atom. The van der Waals surface area contributed by atoms with E-state index in [0.29, 0.717) is 36.7 Å². The lowest BCUT2D eigenvalue weighted by molar-refractivity contribution is -0.135. The summed E-state index contributed by atoms with van der Waals surface area (Å²) in [5, 5.41) is 16.0. The number of benzene rings is 1. The predicted octanol–water partition coefficient (Wildman–Crippen LogP) is 3.77. The van der Waals surface area contributed by atoms with E-state index < -0.39 is 35.6 Å². The summed E-state index contributed by atoms with van der Waals surface area (Å²) < 4.78 is 20.6. The van der Waals surface area contributed by atoms with E-state index in [0.717, 1.165) is 58.0 Å². The molecule has 0 spiro atoms. The first-order valence-corrected chi connectivity index (χ1v) is 17.7. The number of anilines is 1. The molecule has 0 radical (unpaired) electrons. The minimum atomic E-state index is -0.923. The topological polar surface area (TPSA) is 153 Å². The van der Waals surface area contributed by atoms with Gasteiger partial charge in [-0.05, 0) is 80.3 Å². The number of amides is 5. The average Bonchev–Trinajstić information content (AvgIpc) is 3.55. The van der Waals surface area contributed by atoms with Crippen LogP contribution in [-0.4, -0.2) is 107 Å². The van der Waals surface area contributed by atoms with E-state index >= 15 is 4.39 Å². The van der Waals surface area contributed by atoms with Crippen LogP contribution in [0.4, 0.5) is 14.9 Å². The molecule has 1 aromatic heterocycles. The van der Waals surface area contributed by atoms with Gasteiger partial charge in [-0.3, -0.25) is 14.4 Å². The molecular weight excluding hydrogens is 631 g/mol. The fraction of sp³-hybridized carbons (Fsp3) is 0.657. The first-order valence-electron chi connectivity index (χ1n) is 17.7. The monoisotopic (exact) mass is 682 g/mol. The van der Waals surface area contributed by atoms with Crippen LogP contribution in [0.15, 0.2) is 22.8 Å². The van der Waals surface area contributed by atoms with Crippen molar-refractivity contribution in [3.05, 3.63) is 41.0 Å². The smallest absolute Gasteiger partial charge is 0.318 e. The molecule has 14 heteroatoms. The molecule has 1 aromatic carbocycles. The molecule has 3 N–H and O–H groups in total. The average molecular weight is 683 g/mol. The van der Waals surface area contributed by atoms with Crippen molar-refractivity contribution in [2.24, 2.45) is 11.8 Å². The van der Waals surface area contributed by atoms with Crippen molar-refractivity contribution in [2.45, 2.75) is 96.2 Å². The molecule has 0 bridgehead atoms. The van der Waals surface area contributed by atoms with Crippen molar-refractivity contribution in [3.8, 4) is 0 Å². The number of rotatable bonds is 11. The van der Waals surface area contributed by atoms with Crippen LogP contribution in [0.1, 0.15) is 93.4 Å². The van der Waals surface area contributed by atoms with Crippen molar-refractivity contribution in [3.63, 3.8) is 0 Å². The molecule has 2 saturated carbocycles. The zero-order valence-corrected chi connectivity index (χ0v) is 29.3. The minimum Gasteiger partial charge on any atom is -0.338 e. The predicted molar refractivity (Wildman–Crippen MR) is 181 cm³/mol. The van der Waals surface area contributed by atoms with Gasteiger partial charge in [0, 0.05) is 45.2 Å². The summed E-state index contributed by atoms with van der Waals surface area (Å²) in [4.78, 5) is 59.6. The number of aromatic nitrogens is 2. The fourth-order valence-corrected chi connectivity index (χ4v) is 6.95. The fourth-order valence-electron chi connectivity index (χ4n) is 6.95. The zero-order valence-electron chi connectivity index (χ0n) is 29.3. The Bertz CT molecular complexity index is 1480. The number of nitrogens with one attached hydrogen (secondary N) is 3. The number of carbonyl (C=O) groups excluding carboxylic acids is 4. The molecule has 1 aliphatic heterocycles. The molecule has 1 saturated heterocycles. The van der Waals surface area contributed by atoms with Crippen LogP contribution in [0.5, 0.6) is 0 Å². The largest absolute Gasteiger partial charge is 0.338 e. The SMILES string of the molecule is CCc1nonc1C(=O)N[C@H](C(=O)Nc1ccc([C@H](C)[C@@H](NC(=O)N(C)C2CCC2)C(=O)N2CCN(C)CC2)cc1F)C1CCC(C)CC1. The van der Waals surface area contributed by atoms with Crippen LogP contribution in [0.2, 0.25) is 0 Å². The number of hydrogen-bond donors (Lipinski definition) is 3. The van der Waals surface area contributed by atoms with E-state index in [1.54, 1.807) is 29.8 Å². The minimum absolute atomic E-state index is 0.0284. The highest BCUT2D eigenvalue weighted by molar-refractivity contribution is 6.01. The van der Waals surface area contributed by atoms with E-state index in [-0.39, 0.29) is 35.3 Å². The summed E-state index contributed by atoms with van der Waals surface area (Å²) in [6.07, 6.45) is 6.66. The molecule has 2 aliphatic carbocycles. The highest BCUT2D eigenvalue weighted by atomic mass is 19.1. The third-order valence-electron chi connectivity index (χ3n) is 10.8. The van der Waals surface area contributed by atoms with Crippen LogP contribution in [0.3, 0.4) is 0 Å². The third-order valence-corrected chi connectivity index (χ3v) is 10.8. The van der Waals surface area contributed by atoms with Crippen molar-refractivity contribution < 1.29 is 28.2 Å². The van der Waals surface area contributed by atoms with Crippen molar-refractivity contribution in [1.82, 2.24) is 35.6 Å². The molecule has 0 unspecified atom stereocenters. The number of carbonyl (C=O) groups is 4. The lowest BCUT2D eigenvalue weighted by atomic mass is 9.79. The number of hydrogen-bond acceptors (Lipinski definition) is 8. The first kappa shape index (κ1) is 36.2. The zero-order chi connectivity index (χ0) is 35.2. The highest BCUT2D eigenvalue weighted by Gasteiger charge is 2.37. The number of nitrogens with zero attached hydrogens (tertiary/aromatic N) is 5. The molecule has 13 nitrogen and oxygen atoms in total. The number of piperazine rings is 1. The quantitative estimate of drug-likeness (QED) is 0.324. The van der Waals surface area contributed by atoms with Gasteiger partial charge in [0.2, 0.25) is 11.8 Å². The molecule has 3 atom stereocenters. The van der Waals surface area contributed by atoms with Gasteiger partial charge in [-0.15, -0.1) is 0 Å². The number of likely N-dealkylation sites (N-methyl/N-ethyl adjacent to an activating group) is 1. The Labute approximate surface area is 287 Å². The Balaban J connectivity index is 1.33. The van der Waals surface area contributed by atoms with Crippen LogP contribution < -0.4 is 16.0 Å². The van der Waals surface area contributed by atoms with Crippen molar-refractivity contribution >= 4 is 29.4 Å². The Hall–Kier alpha value is -4.07. The molecule has 3 fully saturated rings. The number of aryl methyl sites for hydroxylation is 1. The Kier molecular flexibility index (Phi) is 11.9.